The van der Waals surface area contributed by atoms with Crippen molar-refractivity contribution in [1.82, 2.24) is 24.8 Å². The van der Waals surface area contributed by atoms with Crippen molar-refractivity contribution in [3.8, 4) is 5.69 Å². The van der Waals surface area contributed by atoms with E-state index in [2.05, 4.69) is 15.2 Å². The molecule has 0 saturated carbocycles. The molecule has 26 heavy (non-hydrogen) atoms. The van der Waals surface area contributed by atoms with Gasteiger partial charge in [0.15, 0.2) is 5.69 Å². The van der Waals surface area contributed by atoms with Gasteiger partial charge in [0.2, 0.25) is 0 Å². The number of aliphatic hydroxyl groups is 1. The number of β-amino-alcohol motifs (C(OH)–C–C–N with tert-alkyl or cyclic N) is 1. The number of rotatable bonds is 6. The molecule has 1 N–H and O–H groups in total. The van der Waals surface area contributed by atoms with Crippen molar-refractivity contribution in [2.75, 3.05) is 46.4 Å². The molecule has 1 aliphatic rings. The van der Waals surface area contributed by atoms with E-state index in [1.54, 1.807) is 16.7 Å². The lowest BCUT2D eigenvalue weighted by Gasteiger charge is -2.35. The number of aromatic nitrogens is 3. The Morgan fingerprint density at radius 1 is 1.23 bits per heavy atom. The Morgan fingerprint density at radius 3 is 2.58 bits per heavy atom. The zero-order valence-corrected chi connectivity index (χ0v) is 15.2. The van der Waals surface area contributed by atoms with Crippen LogP contribution in [0.15, 0.2) is 30.3 Å². The van der Waals surface area contributed by atoms with Crippen LogP contribution in [0.5, 0.6) is 0 Å². The number of amides is 1. The van der Waals surface area contributed by atoms with E-state index in [0.717, 1.165) is 24.5 Å². The number of hydrogen-bond acceptors (Lipinski definition) is 6. The van der Waals surface area contributed by atoms with Gasteiger partial charge in [-0.1, -0.05) is 23.4 Å². The van der Waals surface area contributed by atoms with E-state index in [4.69, 9.17) is 4.74 Å². The molecule has 8 heteroatoms. The van der Waals surface area contributed by atoms with Gasteiger partial charge in [0.05, 0.1) is 24.1 Å². The van der Waals surface area contributed by atoms with E-state index in [0.29, 0.717) is 31.9 Å². The smallest absolute Gasteiger partial charge is 0.276 e. The summed E-state index contributed by atoms with van der Waals surface area (Å²) in [4.78, 5) is 16.8. The second kappa shape index (κ2) is 8.39. The molecule has 8 nitrogen and oxygen atoms in total. The van der Waals surface area contributed by atoms with Gasteiger partial charge in [0, 0.05) is 39.8 Å². The fourth-order valence-electron chi connectivity index (χ4n) is 3.17. The molecule has 0 bridgehead atoms. The summed E-state index contributed by atoms with van der Waals surface area (Å²) in [6, 6.07) is 9.65. The highest BCUT2D eigenvalue weighted by molar-refractivity contribution is 5.93. The first kappa shape index (κ1) is 18.5. The Balaban J connectivity index is 1.62. The number of hydrogen-bond donors (Lipinski definition) is 1. The minimum atomic E-state index is -0.504. The zero-order chi connectivity index (χ0) is 18.5. The molecule has 1 saturated heterocycles. The summed E-state index contributed by atoms with van der Waals surface area (Å²) in [6.07, 6.45) is -0.504. The van der Waals surface area contributed by atoms with E-state index in [1.165, 1.54) is 0 Å². The van der Waals surface area contributed by atoms with Crippen LogP contribution in [0, 0.1) is 6.92 Å². The van der Waals surface area contributed by atoms with E-state index < -0.39 is 6.10 Å². The van der Waals surface area contributed by atoms with Crippen LogP contribution >= 0.6 is 0 Å². The highest BCUT2D eigenvalue weighted by Gasteiger charge is 2.27. The summed E-state index contributed by atoms with van der Waals surface area (Å²) < 4.78 is 6.64. The molecule has 1 fully saturated rings. The van der Waals surface area contributed by atoms with Gasteiger partial charge < -0.3 is 14.7 Å². The fourth-order valence-corrected chi connectivity index (χ4v) is 3.17. The van der Waals surface area contributed by atoms with Gasteiger partial charge in [-0.15, -0.1) is 5.10 Å². The molecule has 2 heterocycles. The van der Waals surface area contributed by atoms with Crippen LogP contribution in [0.3, 0.4) is 0 Å². The molecule has 140 valence electrons. The number of para-hydroxylation sites is 1. The van der Waals surface area contributed by atoms with Crippen LogP contribution in [0.2, 0.25) is 0 Å². The van der Waals surface area contributed by atoms with Crippen LogP contribution in [-0.2, 0) is 4.74 Å². The highest BCUT2D eigenvalue weighted by Crippen LogP contribution is 2.14. The molecule has 1 amide bonds. The second-order valence-corrected chi connectivity index (χ2v) is 6.47. The average Bonchev–Trinajstić information content (AvgIpc) is 3.04. The lowest BCUT2D eigenvalue weighted by Crippen LogP contribution is -2.51. The Labute approximate surface area is 153 Å². The Kier molecular flexibility index (Phi) is 5.97. The normalized spacial score (nSPS) is 16.7. The summed E-state index contributed by atoms with van der Waals surface area (Å²) >= 11 is 0. The van der Waals surface area contributed by atoms with Crippen molar-refractivity contribution >= 4 is 5.91 Å². The molecule has 1 aromatic carbocycles. The van der Waals surface area contributed by atoms with E-state index in [-0.39, 0.29) is 5.91 Å². The van der Waals surface area contributed by atoms with Crippen molar-refractivity contribution in [3.05, 3.63) is 41.7 Å². The third-order valence-electron chi connectivity index (χ3n) is 4.59. The first-order valence-electron chi connectivity index (χ1n) is 8.76. The van der Waals surface area contributed by atoms with Crippen LogP contribution in [-0.4, -0.2) is 88.4 Å². The number of carbonyl (C=O) groups is 1. The van der Waals surface area contributed by atoms with E-state index in [1.807, 2.05) is 37.3 Å². The van der Waals surface area contributed by atoms with Gasteiger partial charge in [0.25, 0.3) is 5.91 Å². The molecule has 0 radical (unpaired) electrons. The molecular weight excluding hydrogens is 334 g/mol. The molecule has 1 aromatic heterocycles. The minimum Gasteiger partial charge on any atom is -0.389 e. The molecule has 2 aromatic rings. The standard InChI is InChI=1S/C18H25N5O3/c1-14-17(19-20-23(14)15-6-4-3-5-7-15)18(25)22-10-8-21(9-11-22)12-16(24)13-26-2/h3-7,16,24H,8-13H2,1-2H3/t16-/m0/s1. The second-order valence-electron chi connectivity index (χ2n) is 6.47. The van der Waals surface area contributed by atoms with Crippen LogP contribution in [0.25, 0.3) is 5.69 Å². The highest BCUT2D eigenvalue weighted by atomic mass is 16.5. The number of carbonyl (C=O) groups excluding carboxylic acids is 1. The number of benzene rings is 1. The van der Waals surface area contributed by atoms with Gasteiger partial charge >= 0.3 is 0 Å². The summed E-state index contributed by atoms with van der Waals surface area (Å²) in [5, 5.41) is 18.1. The first-order valence-corrected chi connectivity index (χ1v) is 8.76. The van der Waals surface area contributed by atoms with Crippen molar-refractivity contribution in [2.24, 2.45) is 0 Å². The molecule has 3 rings (SSSR count). The number of ether oxygens (including phenoxy) is 1. The number of piperazine rings is 1. The molecular formula is C18H25N5O3. The molecule has 0 unspecified atom stereocenters. The van der Waals surface area contributed by atoms with Gasteiger partial charge in [-0.2, -0.15) is 0 Å². The summed E-state index contributed by atoms with van der Waals surface area (Å²) in [5.74, 6) is -0.0956. The Bertz CT molecular complexity index is 726. The minimum absolute atomic E-state index is 0.0956. The van der Waals surface area contributed by atoms with Crippen LogP contribution in [0.1, 0.15) is 16.2 Å². The molecule has 0 aliphatic carbocycles. The van der Waals surface area contributed by atoms with Gasteiger partial charge in [-0.3, -0.25) is 9.69 Å². The lowest BCUT2D eigenvalue weighted by molar-refractivity contribution is 0.0231. The van der Waals surface area contributed by atoms with Crippen molar-refractivity contribution in [1.29, 1.82) is 0 Å². The maximum atomic E-state index is 12.8. The Hall–Kier alpha value is -2.29. The SMILES string of the molecule is COC[C@@H](O)CN1CCN(C(=O)c2nnn(-c3ccccc3)c2C)CC1. The van der Waals surface area contributed by atoms with Crippen LogP contribution < -0.4 is 0 Å². The summed E-state index contributed by atoms with van der Waals surface area (Å²) in [7, 11) is 1.57. The predicted octanol–water partition coefficient (Wildman–Crippen LogP) is 0.341. The predicted molar refractivity (Wildman–Crippen MR) is 96.3 cm³/mol. The van der Waals surface area contributed by atoms with E-state index in [9.17, 15) is 9.90 Å². The molecule has 0 spiro atoms. The van der Waals surface area contributed by atoms with Crippen molar-refractivity contribution < 1.29 is 14.6 Å². The molecule has 1 aliphatic heterocycles. The number of methoxy groups -OCH3 is 1. The Morgan fingerprint density at radius 2 is 1.92 bits per heavy atom. The average molecular weight is 359 g/mol. The monoisotopic (exact) mass is 359 g/mol. The van der Waals surface area contributed by atoms with Crippen molar-refractivity contribution in [2.45, 2.75) is 13.0 Å². The first-order chi connectivity index (χ1) is 12.6. The van der Waals surface area contributed by atoms with Crippen LogP contribution in [0.4, 0.5) is 0 Å². The number of nitrogens with zero attached hydrogens (tertiary/aromatic N) is 5. The third-order valence-corrected chi connectivity index (χ3v) is 4.59. The maximum absolute atomic E-state index is 12.8. The quantitative estimate of drug-likeness (QED) is 0.801. The van der Waals surface area contributed by atoms with E-state index >= 15 is 0 Å². The maximum Gasteiger partial charge on any atom is 0.276 e. The summed E-state index contributed by atoms with van der Waals surface area (Å²) in [6.45, 7) is 5.39. The number of aliphatic hydroxyl groups excluding tert-OH is 1. The third kappa shape index (κ3) is 4.09. The van der Waals surface area contributed by atoms with Gasteiger partial charge in [-0.25, -0.2) is 4.68 Å². The topological polar surface area (TPSA) is 83.7 Å². The largest absolute Gasteiger partial charge is 0.389 e. The lowest BCUT2D eigenvalue weighted by atomic mass is 10.2. The molecule has 1 atom stereocenters. The fraction of sp³-hybridized carbons (Fsp3) is 0.500. The summed E-state index contributed by atoms with van der Waals surface area (Å²) in [5.41, 5.74) is 2.01. The van der Waals surface area contributed by atoms with Gasteiger partial charge in [-0.05, 0) is 19.1 Å². The van der Waals surface area contributed by atoms with Crippen molar-refractivity contribution in [3.63, 3.8) is 0 Å². The zero-order valence-electron chi connectivity index (χ0n) is 15.2. The van der Waals surface area contributed by atoms with Gasteiger partial charge in [0.1, 0.15) is 0 Å².